The number of rotatable bonds is 7. The lowest BCUT2D eigenvalue weighted by atomic mass is 9.96. The van der Waals surface area contributed by atoms with Crippen LogP contribution >= 0.6 is 0 Å². The summed E-state index contributed by atoms with van der Waals surface area (Å²) >= 11 is 0. The number of hydrogen-bond acceptors (Lipinski definition) is 4. The molecule has 148 valence electrons. The van der Waals surface area contributed by atoms with E-state index >= 15 is 0 Å². The molecule has 6 nitrogen and oxygen atoms in total. The average molecular weight is 385 g/mol. The maximum atomic E-state index is 13.7. The van der Waals surface area contributed by atoms with Crippen molar-refractivity contribution in [1.82, 2.24) is 10.2 Å². The molecule has 2 amide bonds. The molecule has 2 aliphatic rings. The monoisotopic (exact) mass is 385 g/mol. The highest BCUT2D eigenvalue weighted by molar-refractivity contribution is 5.81. The highest BCUT2D eigenvalue weighted by Crippen LogP contribution is 2.29. The number of amides is 2. The summed E-state index contributed by atoms with van der Waals surface area (Å²) in [6.07, 6.45) is 0.717. The first kappa shape index (κ1) is 19.6. The van der Waals surface area contributed by atoms with Crippen molar-refractivity contribution < 1.29 is 27.9 Å². The fourth-order valence-corrected chi connectivity index (χ4v) is 3.17. The summed E-state index contributed by atoms with van der Waals surface area (Å²) in [5.74, 6) is -3.77. The van der Waals surface area contributed by atoms with Crippen LogP contribution in [0.15, 0.2) is 12.1 Å². The minimum Gasteiger partial charge on any atom is -0.389 e. The molecule has 1 saturated carbocycles. The van der Waals surface area contributed by atoms with Crippen LogP contribution in [0.3, 0.4) is 0 Å². The molecular formula is C18H22F3N3O3. The van der Waals surface area contributed by atoms with Gasteiger partial charge in [-0.3, -0.25) is 9.59 Å². The highest BCUT2D eigenvalue weighted by atomic mass is 19.2. The number of nitrogens with one attached hydrogen (secondary N) is 1. The predicted octanol–water partition coefficient (Wildman–Crippen LogP) is 0.462. The molecule has 1 aromatic carbocycles. The number of carbonyl (C=O) groups excluding carboxylic acids is 2. The van der Waals surface area contributed by atoms with Gasteiger partial charge in [0, 0.05) is 37.5 Å². The van der Waals surface area contributed by atoms with Crippen LogP contribution in [-0.2, 0) is 16.0 Å². The summed E-state index contributed by atoms with van der Waals surface area (Å²) in [5.41, 5.74) is 5.76. The zero-order valence-electron chi connectivity index (χ0n) is 14.6. The van der Waals surface area contributed by atoms with Crippen molar-refractivity contribution in [2.24, 2.45) is 11.7 Å². The van der Waals surface area contributed by atoms with Crippen molar-refractivity contribution >= 4 is 11.8 Å². The summed E-state index contributed by atoms with van der Waals surface area (Å²) < 4.78 is 39.9. The van der Waals surface area contributed by atoms with Crippen molar-refractivity contribution in [2.75, 3.05) is 13.1 Å². The number of nitrogens with zero attached hydrogens (tertiary/aromatic N) is 1. The van der Waals surface area contributed by atoms with Crippen molar-refractivity contribution in [3.8, 4) is 0 Å². The van der Waals surface area contributed by atoms with Crippen LogP contribution in [-0.4, -0.2) is 53.1 Å². The van der Waals surface area contributed by atoms with Crippen molar-refractivity contribution in [3.63, 3.8) is 0 Å². The Morgan fingerprint density at radius 3 is 2.52 bits per heavy atom. The summed E-state index contributed by atoms with van der Waals surface area (Å²) in [7, 11) is 0. The number of aliphatic hydroxyl groups excluding tert-OH is 1. The van der Waals surface area contributed by atoms with Crippen LogP contribution in [0.2, 0.25) is 0 Å². The van der Waals surface area contributed by atoms with Gasteiger partial charge in [-0.2, -0.15) is 0 Å². The van der Waals surface area contributed by atoms with E-state index in [-0.39, 0.29) is 49.2 Å². The Balaban J connectivity index is 1.51. The number of halogens is 3. The SMILES string of the molecule is NC(CC(=O)N1CC(O)[C@H]1CNC(=O)C1CC1)Cc1cc(F)c(F)cc1F. The van der Waals surface area contributed by atoms with Crippen LogP contribution in [0.4, 0.5) is 13.2 Å². The number of hydrogen-bond donors (Lipinski definition) is 3. The largest absolute Gasteiger partial charge is 0.389 e. The maximum absolute atomic E-state index is 13.7. The summed E-state index contributed by atoms with van der Waals surface area (Å²) in [6.45, 7) is 0.296. The normalized spacial score (nSPS) is 22.9. The van der Waals surface area contributed by atoms with E-state index in [0.717, 1.165) is 18.9 Å². The topological polar surface area (TPSA) is 95.7 Å². The molecule has 1 aromatic rings. The number of likely N-dealkylation sites (tertiary alicyclic amines) is 1. The zero-order chi connectivity index (χ0) is 19.7. The van der Waals surface area contributed by atoms with E-state index in [2.05, 4.69) is 5.32 Å². The molecule has 1 heterocycles. The van der Waals surface area contributed by atoms with E-state index in [0.29, 0.717) is 6.07 Å². The number of β-amino-alcohol motifs (C(OH)–C–C–N with tert-alkyl or cyclic N) is 1. The molecule has 1 aliphatic carbocycles. The molecule has 3 rings (SSSR count). The Hall–Kier alpha value is -2.13. The summed E-state index contributed by atoms with van der Waals surface area (Å²) in [6, 6.07) is -0.133. The quantitative estimate of drug-likeness (QED) is 0.595. The van der Waals surface area contributed by atoms with Crippen LogP contribution < -0.4 is 11.1 Å². The first-order chi connectivity index (χ1) is 12.8. The van der Waals surface area contributed by atoms with Gasteiger partial charge in [0.2, 0.25) is 11.8 Å². The van der Waals surface area contributed by atoms with E-state index in [1.54, 1.807) is 0 Å². The average Bonchev–Trinajstić information content (AvgIpc) is 3.42. The third kappa shape index (κ3) is 4.59. The van der Waals surface area contributed by atoms with Crippen molar-refractivity contribution in [3.05, 3.63) is 35.1 Å². The number of aliphatic hydroxyl groups is 1. The van der Waals surface area contributed by atoms with Crippen LogP contribution in [0.1, 0.15) is 24.8 Å². The first-order valence-electron chi connectivity index (χ1n) is 8.90. The van der Waals surface area contributed by atoms with Gasteiger partial charge in [0.15, 0.2) is 11.6 Å². The summed E-state index contributed by atoms with van der Waals surface area (Å²) in [4.78, 5) is 25.5. The maximum Gasteiger partial charge on any atom is 0.224 e. The Morgan fingerprint density at radius 2 is 1.89 bits per heavy atom. The second kappa shape index (κ2) is 7.85. The lowest BCUT2D eigenvalue weighted by Crippen LogP contribution is -2.66. The number of benzene rings is 1. The number of carbonyl (C=O) groups is 2. The van der Waals surface area contributed by atoms with Gasteiger partial charge in [0.1, 0.15) is 5.82 Å². The van der Waals surface area contributed by atoms with Crippen LogP contribution in [0, 0.1) is 23.4 Å². The Morgan fingerprint density at radius 1 is 1.22 bits per heavy atom. The molecule has 4 N–H and O–H groups in total. The Labute approximate surface area is 154 Å². The van der Waals surface area contributed by atoms with Crippen LogP contribution in [0.25, 0.3) is 0 Å². The third-order valence-corrected chi connectivity index (χ3v) is 4.99. The fraction of sp³-hybridized carbons (Fsp3) is 0.556. The van der Waals surface area contributed by atoms with Gasteiger partial charge in [-0.25, -0.2) is 13.2 Å². The number of nitrogens with two attached hydrogens (primary N) is 1. The molecule has 2 unspecified atom stereocenters. The van der Waals surface area contributed by atoms with Gasteiger partial charge in [0.25, 0.3) is 0 Å². The molecule has 0 aromatic heterocycles. The van der Waals surface area contributed by atoms with Gasteiger partial charge in [-0.1, -0.05) is 0 Å². The van der Waals surface area contributed by atoms with Gasteiger partial charge in [-0.05, 0) is 30.9 Å². The third-order valence-electron chi connectivity index (χ3n) is 4.99. The molecule has 0 bridgehead atoms. The molecule has 2 fully saturated rings. The Kier molecular flexibility index (Phi) is 5.71. The minimum atomic E-state index is -1.29. The van der Waals surface area contributed by atoms with Gasteiger partial charge in [0.05, 0.1) is 12.1 Å². The molecule has 9 heteroatoms. The molecule has 0 spiro atoms. The van der Waals surface area contributed by atoms with Gasteiger partial charge in [-0.15, -0.1) is 0 Å². The molecule has 3 atom stereocenters. The van der Waals surface area contributed by atoms with Gasteiger partial charge >= 0.3 is 0 Å². The Bertz CT molecular complexity index is 742. The van der Waals surface area contributed by atoms with E-state index in [9.17, 15) is 27.9 Å². The van der Waals surface area contributed by atoms with Gasteiger partial charge < -0.3 is 21.1 Å². The zero-order valence-corrected chi connectivity index (χ0v) is 14.6. The summed E-state index contributed by atoms with van der Waals surface area (Å²) in [5, 5.41) is 12.6. The van der Waals surface area contributed by atoms with Crippen LogP contribution in [0.5, 0.6) is 0 Å². The predicted molar refractivity (Wildman–Crippen MR) is 89.9 cm³/mol. The first-order valence-corrected chi connectivity index (χ1v) is 8.90. The highest BCUT2D eigenvalue weighted by Gasteiger charge is 2.41. The second-order valence-corrected chi connectivity index (χ2v) is 7.23. The minimum absolute atomic E-state index is 0.0331. The molecular weight excluding hydrogens is 363 g/mol. The second-order valence-electron chi connectivity index (χ2n) is 7.23. The molecule has 27 heavy (non-hydrogen) atoms. The molecule has 1 aliphatic heterocycles. The standard InChI is InChI=1S/C18H22F3N3O3/c19-12-6-14(21)13(20)4-10(12)3-11(22)5-17(26)24-8-16(25)15(24)7-23-18(27)9-1-2-9/h4,6,9,11,15-16,25H,1-3,5,7-8,22H2,(H,23,27)/t11?,15-,16?/m1/s1. The molecule has 1 saturated heterocycles. The van der Waals surface area contributed by atoms with E-state index < -0.39 is 35.6 Å². The lowest BCUT2D eigenvalue weighted by molar-refractivity contribution is -0.151. The smallest absolute Gasteiger partial charge is 0.224 e. The van der Waals surface area contributed by atoms with E-state index in [1.807, 2.05) is 0 Å². The molecule has 0 radical (unpaired) electrons. The van der Waals surface area contributed by atoms with E-state index in [1.165, 1.54) is 4.90 Å². The van der Waals surface area contributed by atoms with Crippen molar-refractivity contribution in [2.45, 2.75) is 43.9 Å². The van der Waals surface area contributed by atoms with E-state index in [4.69, 9.17) is 5.73 Å². The fourth-order valence-electron chi connectivity index (χ4n) is 3.17. The lowest BCUT2D eigenvalue weighted by Gasteiger charge is -2.45. The van der Waals surface area contributed by atoms with Crippen molar-refractivity contribution in [1.29, 1.82) is 0 Å².